The summed E-state index contributed by atoms with van der Waals surface area (Å²) in [6.45, 7) is 6.17. The summed E-state index contributed by atoms with van der Waals surface area (Å²) in [4.78, 5) is 0. The van der Waals surface area contributed by atoms with E-state index in [2.05, 4.69) is 41.2 Å². The first-order chi connectivity index (χ1) is 8.88. The van der Waals surface area contributed by atoms with Crippen LogP contribution >= 0.6 is 0 Å². The van der Waals surface area contributed by atoms with Crippen LogP contribution in [0.3, 0.4) is 0 Å². The number of hydrogen-bond acceptors (Lipinski definition) is 1. The number of hydrogen-bond donors (Lipinski definition) is 1. The molecule has 3 rings (SSSR count). The lowest BCUT2D eigenvalue weighted by Crippen LogP contribution is -2.30. The Morgan fingerprint density at radius 3 is 2.94 bits per heavy atom. The summed E-state index contributed by atoms with van der Waals surface area (Å²) in [6.07, 6.45) is 12.5. The van der Waals surface area contributed by atoms with E-state index in [9.17, 15) is 0 Å². The van der Waals surface area contributed by atoms with Crippen LogP contribution in [0.1, 0.15) is 37.9 Å². The summed E-state index contributed by atoms with van der Waals surface area (Å²) in [6, 6.07) is 0. The molecule has 98 valence electrons. The SMILES string of the molecule is CC.Cn1c2c(c3c1=CC=CCC=3)CNCCC2. The van der Waals surface area contributed by atoms with E-state index in [0.717, 1.165) is 19.5 Å². The van der Waals surface area contributed by atoms with Crippen LogP contribution < -0.4 is 15.9 Å². The van der Waals surface area contributed by atoms with Crippen molar-refractivity contribution in [2.75, 3.05) is 6.54 Å². The number of nitrogens with zero attached hydrogens (tertiary/aromatic N) is 1. The second-order valence-electron chi connectivity index (χ2n) is 4.60. The van der Waals surface area contributed by atoms with Crippen molar-refractivity contribution in [3.63, 3.8) is 0 Å². The molecule has 2 aliphatic rings. The molecule has 0 spiro atoms. The average molecular weight is 244 g/mol. The third kappa shape index (κ3) is 2.30. The summed E-state index contributed by atoms with van der Waals surface area (Å²) in [5.74, 6) is 0. The van der Waals surface area contributed by atoms with Gasteiger partial charge in [0.2, 0.25) is 0 Å². The van der Waals surface area contributed by atoms with Crippen molar-refractivity contribution in [2.45, 2.75) is 39.7 Å². The van der Waals surface area contributed by atoms with Crippen molar-refractivity contribution < 1.29 is 0 Å². The average Bonchev–Trinajstić information content (AvgIpc) is 2.72. The zero-order valence-corrected chi connectivity index (χ0v) is 11.8. The van der Waals surface area contributed by atoms with Gasteiger partial charge in [0, 0.05) is 29.9 Å². The lowest BCUT2D eigenvalue weighted by molar-refractivity contribution is 0.670. The Bertz CT molecular complexity index is 547. The highest BCUT2D eigenvalue weighted by Gasteiger charge is 2.14. The fourth-order valence-electron chi connectivity index (χ4n) is 2.80. The normalized spacial score (nSPS) is 17.1. The first-order valence-corrected chi connectivity index (χ1v) is 7.12. The van der Waals surface area contributed by atoms with Gasteiger partial charge in [-0.3, -0.25) is 0 Å². The molecular formula is C16H24N2. The van der Waals surface area contributed by atoms with Crippen LogP contribution in [0.15, 0.2) is 12.2 Å². The third-order valence-corrected chi connectivity index (χ3v) is 3.63. The molecule has 2 heterocycles. The molecule has 0 radical (unpaired) electrons. The molecule has 18 heavy (non-hydrogen) atoms. The molecule has 1 aromatic rings. The molecule has 1 aromatic heterocycles. The zero-order valence-electron chi connectivity index (χ0n) is 11.8. The van der Waals surface area contributed by atoms with Crippen molar-refractivity contribution >= 4 is 12.2 Å². The van der Waals surface area contributed by atoms with Crippen LogP contribution in [0.4, 0.5) is 0 Å². The molecule has 0 fully saturated rings. The predicted molar refractivity (Wildman–Crippen MR) is 78.7 cm³/mol. The maximum atomic E-state index is 3.52. The lowest BCUT2D eigenvalue weighted by Gasteiger charge is -2.02. The van der Waals surface area contributed by atoms with Gasteiger partial charge in [-0.1, -0.05) is 32.1 Å². The molecule has 1 aliphatic carbocycles. The maximum Gasteiger partial charge on any atom is 0.0480 e. The first-order valence-electron chi connectivity index (χ1n) is 7.12. The van der Waals surface area contributed by atoms with Gasteiger partial charge in [0.05, 0.1) is 0 Å². The molecule has 0 aromatic carbocycles. The van der Waals surface area contributed by atoms with Crippen LogP contribution in [0.2, 0.25) is 0 Å². The van der Waals surface area contributed by atoms with Gasteiger partial charge < -0.3 is 9.88 Å². The highest BCUT2D eigenvalue weighted by molar-refractivity contribution is 5.47. The molecule has 0 saturated heterocycles. The number of fused-ring (bicyclic) bond motifs is 3. The van der Waals surface area contributed by atoms with Gasteiger partial charge in [-0.2, -0.15) is 0 Å². The van der Waals surface area contributed by atoms with Crippen LogP contribution in [0.5, 0.6) is 0 Å². The number of rotatable bonds is 0. The van der Waals surface area contributed by atoms with E-state index in [1.807, 2.05) is 13.8 Å². The van der Waals surface area contributed by atoms with Crippen molar-refractivity contribution in [1.29, 1.82) is 0 Å². The van der Waals surface area contributed by atoms with E-state index in [0.29, 0.717) is 0 Å². The van der Waals surface area contributed by atoms with E-state index < -0.39 is 0 Å². The highest BCUT2D eigenvalue weighted by atomic mass is 15.0. The van der Waals surface area contributed by atoms with Gasteiger partial charge >= 0.3 is 0 Å². The summed E-state index contributed by atoms with van der Waals surface area (Å²) in [5, 5.41) is 6.35. The molecule has 2 heteroatoms. The second kappa shape index (κ2) is 6.05. The molecule has 0 atom stereocenters. The molecule has 0 saturated carbocycles. The molecule has 0 unspecified atom stereocenters. The number of nitrogens with one attached hydrogen (secondary N) is 1. The molecule has 0 bridgehead atoms. The van der Waals surface area contributed by atoms with Crippen molar-refractivity contribution in [1.82, 2.24) is 9.88 Å². The minimum absolute atomic E-state index is 1.03. The second-order valence-corrected chi connectivity index (χ2v) is 4.60. The van der Waals surface area contributed by atoms with Crippen LogP contribution in [0, 0.1) is 0 Å². The van der Waals surface area contributed by atoms with E-state index in [-0.39, 0.29) is 0 Å². The molecule has 0 amide bonds. The Balaban J connectivity index is 0.000000574. The summed E-state index contributed by atoms with van der Waals surface area (Å²) < 4.78 is 2.38. The Kier molecular flexibility index (Phi) is 4.43. The number of aromatic nitrogens is 1. The third-order valence-electron chi connectivity index (χ3n) is 3.63. The minimum Gasteiger partial charge on any atom is -0.347 e. The van der Waals surface area contributed by atoms with E-state index in [1.165, 1.54) is 34.7 Å². The van der Waals surface area contributed by atoms with Gasteiger partial charge in [0.25, 0.3) is 0 Å². The summed E-state index contributed by atoms with van der Waals surface area (Å²) in [5.41, 5.74) is 3.05. The lowest BCUT2D eigenvalue weighted by atomic mass is 10.1. The Hall–Kier alpha value is -1.28. The molecule has 1 aliphatic heterocycles. The van der Waals surface area contributed by atoms with Crippen LogP contribution in [0.25, 0.3) is 12.2 Å². The number of allylic oxidation sites excluding steroid dienone is 2. The quantitative estimate of drug-likeness (QED) is 0.733. The Labute approximate surface area is 110 Å². The first kappa shape index (κ1) is 13.2. The van der Waals surface area contributed by atoms with E-state index in [4.69, 9.17) is 0 Å². The largest absolute Gasteiger partial charge is 0.347 e. The van der Waals surface area contributed by atoms with E-state index >= 15 is 0 Å². The van der Waals surface area contributed by atoms with Crippen molar-refractivity contribution in [3.05, 3.63) is 34.0 Å². The van der Waals surface area contributed by atoms with Crippen molar-refractivity contribution in [3.8, 4) is 0 Å². The van der Waals surface area contributed by atoms with Crippen LogP contribution in [-0.2, 0) is 20.0 Å². The Morgan fingerprint density at radius 2 is 2.11 bits per heavy atom. The van der Waals surface area contributed by atoms with Crippen molar-refractivity contribution in [2.24, 2.45) is 7.05 Å². The highest BCUT2D eigenvalue weighted by Crippen LogP contribution is 2.09. The monoisotopic (exact) mass is 244 g/mol. The van der Waals surface area contributed by atoms with Gasteiger partial charge in [-0.25, -0.2) is 0 Å². The van der Waals surface area contributed by atoms with E-state index in [1.54, 1.807) is 0 Å². The predicted octanol–water partition coefficient (Wildman–Crippen LogP) is 1.61. The van der Waals surface area contributed by atoms with Gasteiger partial charge in [-0.15, -0.1) is 0 Å². The molecule has 1 N–H and O–H groups in total. The smallest absolute Gasteiger partial charge is 0.0480 e. The maximum absolute atomic E-state index is 3.52. The molecule has 2 nitrogen and oxygen atoms in total. The summed E-state index contributed by atoms with van der Waals surface area (Å²) >= 11 is 0. The Morgan fingerprint density at radius 1 is 1.28 bits per heavy atom. The van der Waals surface area contributed by atoms with Crippen LogP contribution in [-0.4, -0.2) is 11.1 Å². The zero-order chi connectivity index (χ0) is 13.0. The van der Waals surface area contributed by atoms with Gasteiger partial charge in [0.15, 0.2) is 0 Å². The standard InChI is InChI=1S/C14H18N2.C2H6/c1-16-13-7-4-2-3-6-11(13)12-10-15-9-5-8-14(12)16;1-2/h2,4,6-7,15H,3,5,8-10H2,1H3;1-2H3. The topological polar surface area (TPSA) is 17.0 Å². The fraction of sp³-hybridized carbons (Fsp3) is 0.500. The fourth-order valence-corrected chi connectivity index (χ4v) is 2.80. The molecular weight excluding hydrogens is 220 g/mol. The summed E-state index contributed by atoms with van der Waals surface area (Å²) in [7, 11) is 2.20. The minimum atomic E-state index is 1.03. The van der Waals surface area contributed by atoms with Gasteiger partial charge in [-0.05, 0) is 37.4 Å². The van der Waals surface area contributed by atoms with Gasteiger partial charge in [0.1, 0.15) is 0 Å².